The second-order valence-corrected chi connectivity index (χ2v) is 3.97. The summed E-state index contributed by atoms with van der Waals surface area (Å²) in [6.45, 7) is 1.44. The van der Waals surface area contributed by atoms with E-state index in [0.717, 1.165) is 0 Å². The van der Waals surface area contributed by atoms with Gasteiger partial charge in [-0.3, -0.25) is 10.1 Å². The van der Waals surface area contributed by atoms with Gasteiger partial charge >= 0.3 is 12.0 Å². The molecule has 0 unspecified atom stereocenters. The second kappa shape index (κ2) is 7.13. The molecule has 0 saturated heterocycles. The van der Waals surface area contributed by atoms with E-state index in [1.54, 1.807) is 0 Å². The summed E-state index contributed by atoms with van der Waals surface area (Å²) in [5, 5.41) is 1.90. The molecular weight excluding hydrogens is 280 g/mol. The summed E-state index contributed by atoms with van der Waals surface area (Å²) < 4.78 is 15.0. The van der Waals surface area contributed by atoms with E-state index >= 15 is 0 Å². The first-order chi connectivity index (χ1) is 9.88. The molecule has 114 valence electrons. The fraction of sp³-hybridized carbons (Fsp3) is 0.308. The van der Waals surface area contributed by atoms with Gasteiger partial charge in [0.15, 0.2) is 17.6 Å². The quantitative estimate of drug-likeness (QED) is 0.762. The molecule has 1 aromatic rings. The van der Waals surface area contributed by atoms with Crippen LogP contribution in [0, 0.1) is 0 Å². The molecule has 21 heavy (non-hydrogen) atoms. The topological polar surface area (TPSA) is 117 Å². The molecule has 3 amide bonds. The molecule has 1 rings (SSSR count). The lowest BCUT2D eigenvalue weighted by molar-refractivity contribution is -0.126. The zero-order valence-electron chi connectivity index (χ0n) is 11.8. The predicted molar refractivity (Wildman–Crippen MR) is 72.1 cm³/mol. The molecule has 0 saturated carbocycles. The lowest BCUT2D eigenvalue weighted by Gasteiger charge is -2.16. The summed E-state index contributed by atoms with van der Waals surface area (Å²) in [5.74, 6) is -0.741. The number of amides is 3. The Morgan fingerprint density at radius 2 is 1.86 bits per heavy atom. The minimum atomic E-state index is -0.977. The van der Waals surface area contributed by atoms with Crippen molar-refractivity contribution in [3.63, 3.8) is 0 Å². The van der Waals surface area contributed by atoms with Crippen molar-refractivity contribution < 1.29 is 28.6 Å². The van der Waals surface area contributed by atoms with Crippen LogP contribution in [0.2, 0.25) is 0 Å². The number of rotatable bonds is 5. The molecule has 0 aromatic heterocycles. The fourth-order valence-corrected chi connectivity index (χ4v) is 1.48. The maximum Gasteiger partial charge on any atom is 0.337 e. The standard InChI is InChI=1S/C13H16N2O6/c1-7(11(16)15-13(14)18)21-9-5-4-8(12(17)20-3)6-10(9)19-2/h4-7H,1-3H3,(H3,14,15,16,18)/t7-/m0/s1. The van der Waals surface area contributed by atoms with Crippen LogP contribution < -0.4 is 20.5 Å². The zero-order valence-corrected chi connectivity index (χ0v) is 11.8. The van der Waals surface area contributed by atoms with E-state index in [4.69, 9.17) is 15.2 Å². The third-order valence-corrected chi connectivity index (χ3v) is 2.50. The molecule has 0 aliphatic carbocycles. The normalized spacial score (nSPS) is 11.2. The van der Waals surface area contributed by atoms with Crippen LogP contribution in [0.15, 0.2) is 18.2 Å². The number of carbonyl (C=O) groups excluding carboxylic acids is 3. The van der Waals surface area contributed by atoms with Gasteiger partial charge in [-0.1, -0.05) is 0 Å². The van der Waals surface area contributed by atoms with Gasteiger partial charge in [0.05, 0.1) is 19.8 Å². The van der Waals surface area contributed by atoms with E-state index in [2.05, 4.69) is 4.74 Å². The molecule has 0 spiro atoms. The van der Waals surface area contributed by atoms with Gasteiger partial charge in [0.2, 0.25) is 0 Å². The number of methoxy groups -OCH3 is 2. The van der Waals surface area contributed by atoms with Crippen molar-refractivity contribution in [1.82, 2.24) is 5.32 Å². The molecule has 8 nitrogen and oxygen atoms in total. The summed E-state index contributed by atoms with van der Waals surface area (Å²) >= 11 is 0. The molecule has 1 aromatic carbocycles. The van der Waals surface area contributed by atoms with Gasteiger partial charge < -0.3 is 19.9 Å². The number of esters is 1. The smallest absolute Gasteiger partial charge is 0.337 e. The molecule has 3 N–H and O–H groups in total. The molecule has 8 heteroatoms. The van der Waals surface area contributed by atoms with Crippen molar-refractivity contribution >= 4 is 17.9 Å². The number of nitrogens with two attached hydrogens (primary N) is 1. The third-order valence-electron chi connectivity index (χ3n) is 2.50. The van der Waals surface area contributed by atoms with E-state index in [0.29, 0.717) is 0 Å². The van der Waals surface area contributed by atoms with Gasteiger partial charge in [0.1, 0.15) is 0 Å². The van der Waals surface area contributed by atoms with Crippen LogP contribution >= 0.6 is 0 Å². The highest BCUT2D eigenvalue weighted by Crippen LogP contribution is 2.29. The van der Waals surface area contributed by atoms with E-state index in [-0.39, 0.29) is 17.1 Å². The van der Waals surface area contributed by atoms with Gasteiger partial charge in [-0.25, -0.2) is 9.59 Å². The Bertz CT molecular complexity index is 558. The van der Waals surface area contributed by atoms with Gasteiger partial charge in [-0.2, -0.15) is 0 Å². The number of urea groups is 1. The van der Waals surface area contributed by atoms with Crippen molar-refractivity contribution in [2.75, 3.05) is 14.2 Å². The highest BCUT2D eigenvalue weighted by Gasteiger charge is 2.19. The lowest BCUT2D eigenvalue weighted by Crippen LogP contribution is -2.42. The number of benzene rings is 1. The third kappa shape index (κ3) is 4.37. The Morgan fingerprint density at radius 3 is 2.38 bits per heavy atom. The Morgan fingerprint density at radius 1 is 1.19 bits per heavy atom. The Kier molecular flexibility index (Phi) is 5.53. The fourth-order valence-electron chi connectivity index (χ4n) is 1.48. The Labute approximate surface area is 121 Å². The molecule has 0 bridgehead atoms. The van der Waals surface area contributed by atoms with Gasteiger partial charge in [-0.05, 0) is 25.1 Å². The summed E-state index contributed by atoms with van der Waals surface area (Å²) in [5.41, 5.74) is 5.12. The number of nitrogens with one attached hydrogen (secondary N) is 1. The minimum absolute atomic E-state index is 0.234. The Hall–Kier alpha value is -2.77. The van der Waals surface area contributed by atoms with E-state index < -0.39 is 24.0 Å². The van der Waals surface area contributed by atoms with Crippen LogP contribution in [0.5, 0.6) is 11.5 Å². The monoisotopic (exact) mass is 296 g/mol. The minimum Gasteiger partial charge on any atom is -0.493 e. The van der Waals surface area contributed by atoms with E-state index in [9.17, 15) is 14.4 Å². The van der Waals surface area contributed by atoms with E-state index in [1.807, 2.05) is 5.32 Å². The van der Waals surface area contributed by atoms with Crippen LogP contribution in [-0.4, -0.2) is 38.2 Å². The van der Waals surface area contributed by atoms with Crippen molar-refractivity contribution in [2.24, 2.45) is 5.73 Å². The highest BCUT2D eigenvalue weighted by atomic mass is 16.5. The average molecular weight is 296 g/mol. The van der Waals surface area contributed by atoms with Crippen LogP contribution in [-0.2, 0) is 9.53 Å². The first-order valence-electron chi connectivity index (χ1n) is 5.92. The molecule has 0 radical (unpaired) electrons. The highest BCUT2D eigenvalue weighted by molar-refractivity contribution is 5.95. The average Bonchev–Trinajstić information content (AvgIpc) is 2.45. The maximum atomic E-state index is 11.5. The van der Waals surface area contributed by atoms with Crippen LogP contribution in [0.3, 0.4) is 0 Å². The van der Waals surface area contributed by atoms with Crippen LogP contribution in [0.1, 0.15) is 17.3 Å². The number of hydrogen-bond acceptors (Lipinski definition) is 6. The molecule has 0 fully saturated rings. The number of hydrogen-bond donors (Lipinski definition) is 2. The van der Waals surface area contributed by atoms with Gasteiger partial charge in [0, 0.05) is 0 Å². The van der Waals surface area contributed by atoms with Gasteiger partial charge in [0.25, 0.3) is 5.91 Å². The number of ether oxygens (including phenoxy) is 3. The van der Waals surface area contributed by atoms with Crippen molar-refractivity contribution in [3.05, 3.63) is 23.8 Å². The number of primary amides is 1. The van der Waals surface area contributed by atoms with E-state index in [1.165, 1.54) is 39.3 Å². The van der Waals surface area contributed by atoms with Crippen molar-refractivity contribution in [1.29, 1.82) is 0 Å². The first-order valence-corrected chi connectivity index (χ1v) is 5.92. The Balaban J connectivity index is 2.90. The zero-order chi connectivity index (χ0) is 16.0. The summed E-state index contributed by atoms with van der Waals surface area (Å²) in [7, 11) is 2.65. The molecule has 0 aliphatic rings. The SMILES string of the molecule is COC(=O)c1ccc(O[C@@H](C)C(=O)NC(N)=O)c(OC)c1. The molecule has 1 atom stereocenters. The molecule has 0 heterocycles. The predicted octanol–water partition coefficient (Wildman–Crippen LogP) is 0.444. The van der Waals surface area contributed by atoms with Crippen molar-refractivity contribution in [2.45, 2.75) is 13.0 Å². The largest absolute Gasteiger partial charge is 0.493 e. The van der Waals surface area contributed by atoms with Crippen molar-refractivity contribution in [3.8, 4) is 11.5 Å². The molecule has 0 aliphatic heterocycles. The number of carbonyl (C=O) groups is 3. The summed E-state index contributed by atoms with van der Waals surface area (Å²) in [6, 6.07) is 3.37. The van der Waals surface area contributed by atoms with Gasteiger partial charge in [-0.15, -0.1) is 0 Å². The maximum absolute atomic E-state index is 11.5. The van der Waals surface area contributed by atoms with Crippen LogP contribution in [0.4, 0.5) is 4.79 Å². The molecular formula is C13H16N2O6. The van der Waals surface area contributed by atoms with Crippen LogP contribution in [0.25, 0.3) is 0 Å². The summed E-state index contributed by atoms with van der Waals surface area (Å²) in [4.78, 5) is 33.5. The first kappa shape index (κ1) is 16.3. The second-order valence-electron chi connectivity index (χ2n) is 3.97. The lowest BCUT2D eigenvalue weighted by atomic mass is 10.2. The summed E-state index contributed by atoms with van der Waals surface area (Å²) in [6.07, 6.45) is -0.977. The number of imide groups is 1.